The molecule has 5 heteroatoms. The lowest BCUT2D eigenvalue weighted by molar-refractivity contribution is 0.242. The van der Waals surface area contributed by atoms with Crippen molar-refractivity contribution in [2.45, 2.75) is 26.4 Å². The zero-order valence-electron chi connectivity index (χ0n) is 10.8. The summed E-state index contributed by atoms with van der Waals surface area (Å²) in [4.78, 5) is 14.7. The molecule has 0 saturated carbocycles. The monoisotopic (exact) mass is 258 g/mol. The quantitative estimate of drug-likeness (QED) is 0.771. The van der Waals surface area contributed by atoms with Gasteiger partial charge in [-0.05, 0) is 18.6 Å². The molecule has 19 heavy (non-hydrogen) atoms. The van der Waals surface area contributed by atoms with Crippen molar-refractivity contribution in [3.8, 4) is 0 Å². The number of aryl methyl sites for hydroxylation is 1. The molecule has 0 N–H and O–H groups in total. The predicted octanol–water partition coefficient (Wildman–Crippen LogP) is 1.88. The van der Waals surface area contributed by atoms with Crippen LogP contribution in [0, 0.1) is 12.9 Å². The Kier molecular flexibility index (Phi) is 3.21. The van der Waals surface area contributed by atoms with Gasteiger partial charge in [-0.3, -0.25) is 4.90 Å². The lowest BCUT2D eigenvalue weighted by Gasteiger charge is -2.27. The highest BCUT2D eigenvalue weighted by Gasteiger charge is 2.18. The van der Waals surface area contributed by atoms with Gasteiger partial charge in [-0.15, -0.1) is 0 Å². The SMILES string of the molecule is Cc1ncc2c(n1)CCN(Cc1ccc(F)nc1)C2. The first-order chi connectivity index (χ1) is 9.20. The Morgan fingerprint density at radius 1 is 1.26 bits per heavy atom. The minimum atomic E-state index is -0.434. The van der Waals surface area contributed by atoms with Crippen LogP contribution in [0.3, 0.4) is 0 Å². The van der Waals surface area contributed by atoms with Crippen LogP contribution >= 0.6 is 0 Å². The molecule has 0 amide bonds. The fourth-order valence-corrected chi connectivity index (χ4v) is 2.37. The van der Waals surface area contributed by atoms with E-state index in [4.69, 9.17) is 0 Å². The second kappa shape index (κ2) is 5.01. The summed E-state index contributed by atoms with van der Waals surface area (Å²) in [6.45, 7) is 4.49. The van der Waals surface area contributed by atoms with Crippen LogP contribution in [0.1, 0.15) is 22.6 Å². The number of hydrogen-bond acceptors (Lipinski definition) is 4. The van der Waals surface area contributed by atoms with Crippen LogP contribution in [0.2, 0.25) is 0 Å². The summed E-state index contributed by atoms with van der Waals surface area (Å²) in [5, 5.41) is 0. The maximum atomic E-state index is 12.8. The van der Waals surface area contributed by atoms with E-state index >= 15 is 0 Å². The number of fused-ring (bicyclic) bond motifs is 1. The molecule has 3 rings (SSSR count). The Balaban J connectivity index is 1.72. The number of halogens is 1. The van der Waals surface area contributed by atoms with E-state index < -0.39 is 5.95 Å². The van der Waals surface area contributed by atoms with Crippen molar-refractivity contribution in [2.24, 2.45) is 0 Å². The molecule has 1 aliphatic heterocycles. The molecule has 0 saturated heterocycles. The molecular weight excluding hydrogens is 243 g/mol. The molecule has 0 aliphatic carbocycles. The van der Waals surface area contributed by atoms with E-state index in [1.54, 1.807) is 12.3 Å². The lowest BCUT2D eigenvalue weighted by Crippen LogP contribution is -2.31. The Labute approximate surface area is 111 Å². The standard InChI is InChI=1S/C14H15FN4/c1-10-16-7-12-9-19(5-4-13(12)18-10)8-11-2-3-14(15)17-6-11/h2-3,6-7H,4-5,8-9H2,1H3. The van der Waals surface area contributed by atoms with Crippen LogP contribution in [0.4, 0.5) is 4.39 Å². The smallest absolute Gasteiger partial charge is 0.212 e. The second-order valence-electron chi connectivity index (χ2n) is 4.84. The van der Waals surface area contributed by atoms with Gasteiger partial charge in [-0.25, -0.2) is 15.0 Å². The average Bonchev–Trinajstić information content (AvgIpc) is 2.42. The van der Waals surface area contributed by atoms with Crippen LogP contribution in [-0.2, 0) is 19.5 Å². The summed E-state index contributed by atoms with van der Waals surface area (Å²) >= 11 is 0. The second-order valence-corrected chi connectivity index (χ2v) is 4.84. The average molecular weight is 258 g/mol. The summed E-state index contributed by atoms with van der Waals surface area (Å²) in [6, 6.07) is 3.18. The highest BCUT2D eigenvalue weighted by Crippen LogP contribution is 2.18. The zero-order chi connectivity index (χ0) is 13.2. The van der Waals surface area contributed by atoms with Gasteiger partial charge in [0, 0.05) is 49.7 Å². The Hall–Kier alpha value is -1.88. The summed E-state index contributed by atoms with van der Waals surface area (Å²) < 4.78 is 12.8. The molecule has 0 bridgehead atoms. The number of aromatic nitrogens is 3. The maximum Gasteiger partial charge on any atom is 0.212 e. The third-order valence-electron chi connectivity index (χ3n) is 3.33. The molecule has 3 heterocycles. The van der Waals surface area contributed by atoms with Gasteiger partial charge in [0.1, 0.15) is 5.82 Å². The highest BCUT2D eigenvalue weighted by molar-refractivity contribution is 5.21. The molecule has 2 aromatic heterocycles. The number of pyridine rings is 1. The van der Waals surface area contributed by atoms with Crippen LogP contribution < -0.4 is 0 Å². The van der Waals surface area contributed by atoms with E-state index in [-0.39, 0.29) is 0 Å². The number of nitrogens with zero attached hydrogens (tertiary/aromatic N) is 4. The molecule has 0 aromatic carbocycles. The first-order valence-corrected chi connectivity index (χ1v) is 6.35. The van der Waals surface area contributed by atoms with E-state index in [2.05, 4.69) is 19.9 Å². The molecule has 0 fully saturated rings. The van der Waals surface area contributed by atoms with Crippen LogP contribution in [0.25, 0.3) is 0 Å². The summed E-state index contributed by atoms with van der Waals surface area (Å²) in [5.74, 6) is 0.395. The van der Waals surface area contributed by atoms with Crippen molar-refractivity contribution in [2.75, 3.05) is 6.54 Å². The van der Waals surface area contributed by atoms with Crippen molar-refractivity contribution in [1.29, 1.82) is 0 Å². The topological polar surface area (TPSA) is 41.9 Å². The molecule has 1 aliphatic rings. The normalized spacial score (nSPS) is 15.3. The maximum absolute atomic E-state index is 12.8. The van der Waals surface area contributed by atoms with E-state index in [9.17, 15) is 4.39 Å². The fourth-order valence-electron chi connectivity index (χ4n) is 2.37. The number of hydrogen-bond donors (Lipinski definition) is 0. The molecule has 4 nitrogen and oxygen atoms in total. The fraction of sp³-hybridized carbons (Fsp3) is 0.357. The Morgan fingerprint density at radius 2 is 2.16 bits per heavy atom. The molecule has 0 radical (unpaired) electrons. The van der Waals surface area contributed by atoms with E-state index in [1.807, 2.05) is 13.1 Å². The molecular formula is C14H15FN4. The highest BCUT2D eigenvalue weighted by atomic mass is 19.1. The minimum absolute atomic E-state index is 0.434. The lowest BCUT2D eigenvalue weighted by atomic mass is 10.1. The van der Waals surface area contributed by atoms with E-state index in [0.29, 0.717) is 0 Å². The van der Waals surface area contributed by atoms with Gasteiger partial charge in [-0.2, -0.15) is 4.39 Å². The van der Waals surface area contributed by atoms with Gasteiger partial charge in [-0.1, -0.05) is 6.07 Å². The summed E-state index contributed by atoms with van der Waals surface area (Å²) in [7, 11) is 0. The van der Waals surface area contributed by atoms with Crippen LogP contribution in [-0.4, -0.2) is 26.4 Å². The molecule has 0 atom stereocenters. The van der Waals surface area contributed by atoms with Crippen molar-refractivity contribution >= 4 is 0 Å². The summed E-state index contributed by atoms with van der Waals surface area (Å²) in [6.07, 6.45) is 4.44. The molecule has 0 unspecified atom stereocenters. The van der Waals surface area contributed by atoms with Crippen molar-refractivity contribution in [1.82, 2.24) is 19.9 Å². The third kappa shape index (κ3) is 2.76. The predicted molar refractivity (Wildman–Crippen MR) is 68.8 cm³/mol. The van der Waals surface area contributed by atoms with Gasteiger partial charge in [0.2, 0.25) is 5.95 Å². The first kappa shape index (κ1) is 12.2. The Morgan fingerprint density at radius 3 is 2.95 bits per heavy atom. The Bertz CT molecular complexity index is 582. The molecule has 2 aromatic rings. The molecule has 98 valence electrons. The van der Waals surface area contributed by atoms with E-state index in [0.717, 1.165) is 43.1 Å². The van der Waals surface area contributed by atoms with E-state index in [1.165, 1.54) is 11.6 Å². The molecule has 0 spiro atoms. The number of rotatable bonds is 2. The van der Waals surface area contributed by atoms with Gasteiger partial charge in [0.25, 0.3) is 0 Å². The largest absolute Gasteiger partial charge is 0.294 e. The van der Waals surface area contributed by atoms with Crippen LogP contribution in [0.15, 0.2) is 24.5 Å². The van der Waals surface area contributed by atoms with Gasteiger partial charge < -0.3 is 0 Å². The van der Waals surface area contributed by atoms with Gasteiger partial charge in [0.15, 0.2) is 0 Å². The zero-order valence-corrected chi connectivity index (χ0v) is 10.8. The minimum Gasteiger partial charge on any atom is -0.294 e. The van der Waals surface area contributed by atoms with Crippen molar-refractivity contribution < 1.29 is 4.39 Å². The van der Waals surface area contributed by atoms with Crippen molar-refractivity contribution in [3.63, 3.8) is 0 Å². The van der Waals surface area contributed by atoms with Crippen LogP contribution in [0.5, 0.6) is 0 Å². The summed E-state index contributed by atoms with van der Waals surface area (Å²) in [5.41, 5.74) is 3.37. The third-order valence-corrected chi connectivity index (χ3v) is 3.33. The van der Waals surface area contributed by atoms with Crippen molar-refractivity contribution in [3.05, 3.63) is 53.1 Å². The van der Waals surface area contributed by atoms with Gasteiger partial charge in [0.05, 0.1) is 0 Å². The first-order valence-electron chi connectivity index (χ1n) is 6.35. The van der Waals surface area contributed by atoms with Gasteiger partial charge >= 0.3 is 0 Å².